The van der Waals surface area contributed by atoms with Crippen molar-refractivity contribution >= 4 is 33.2 Å². The maximum atomic E-state index is 5.99. The third-order valence-corrected chi connectivity index (χ3v) is 4.57. The minimum Gasteiger partial charge on any atom is -0.378 e. The molecule has 3 heteroatoms. The zero-order chi connectivity index (χ0) is 14.1. The molecule has 0 radical (unpaired) electrons. The second-order valence-corrected chi connectivity index (χ2v) is 6.82. The van der Waals surface area contributed by atoms with Crippen LogP contribution in [0.25, 0.3) is 0 Å². The van der Waals surface area contributed by atoms with Crippen LogP contribution in [-0.4, -0.2) is 0 Å². The van der Waals surface area contributed by atoms with Gasteiger partial charge < -0.3 is 5.32 Å². The molecule has 0 aromatic heterocycles. The lowest BCUT2D eigenvalue weighted by molar-refractivity contribution is 0.678. The standard InChI is InChI=1S/C17H17BrClN/c1-11-10-14(18)6-9-16(11)20-17(12-2-3-12)13-4-7-15(19)8-5-13/h4-10,12,17,20H,2-3H2,1H3. The molecule has 0 aliphatic heterocycles. The number of nitrogens with one attached hydrogen (secondary N) is 1. The topological polar surface area (TPSA) is 12.0 Å². The third-order valence-electron chi connectivity index (χ3n) is 3.82. The van der Waals surface area contributed by atoms with Crippen molar-refractivity contribution in [1.29, 1.82) is 0 Å². The minimum atomic E-state index is 0.382. The molecule has 2 aromatic carbocycles. The average Bonchev–Trinajstić information content (AvgIpc) is 3.24. The van der Waals surface area contributed by atoms with Gasteiger partial charge >= 0.3 is 0 Å². The summed E-state index contributed by atoms with van der Waals surface area (Å²) < 4.78 is 1.12. The van der Waals surface area contributed by atoms with Gasteiger partial charge in [0, 0.05) is 15.2 Å². The van der Waals surface area contributed by atoms with Crippen LogP contribution < -0.4 is 5.32 Å². The molecule has 3 rings (SSSR count). The summed E-state index contributed by atoms with van der Waals surface area (Å²) in [5, 5.41) is 4.50. The van der Waals surface area contributed by atoms with Crippen LogP contribution in [0.5, 0.6) is 0 Å². The van der Waals surface area contributed by atoms with Gasteiger partial charge in [-0.1, -0.05) is 39.7 Å². The molecule has 1 atom stereocenters. The first-order valence-corrected chi connectivity index (χ1v) is 8.09. The lowest BCUT2D eigenvalue weighted by Crippen LogP contribution is -2.13. The van der Waals surface area contributed by atoms with Crippen molar-refractivity contribution in [2.24, 2.45) is 5.92 Å². The Morgan fingerprint density at radius 2 is 1.85 bits per heavy atom. The Morgan fingerprint density at radius 3 is 2.45 bits per heavy atom. The Balaban J connectivity index is 1.86. The predicted molar refractivity (Wildman–Crippen MR) is 89.4 cm³/mol. The Kier molecular flexibility index (Phi) is 4.04. The predicted octanol–water partition coefficient (Wildman–Crippen LogP) is 5.97. The normalized spacial score (nSPS) is 15.9. The van der Waals surface area contributed by atoms with E-state index in [1.165, 1.54) is 29.7 Å². The van der Waals surface area contributed by atoms with Crippen LogP contribution in [-0.2, 0) is 0 Å². The summed E-state index contributed by atoms with van der Waals surface area (Å²) in [6.45, 7) is 2.14. The lowest BCUT2D eigenvalue weighted by Gasteiger charge is -2.21. The van der Waals surface area contributed by atoms with E-state index in [0.717, 1.165) is 15.4 Å². The molecule has 0 bridgehead atoms. The van der Waals surface area contributed by atoms with Crippen molar-refractivity contribution in [1.82, 2.24) is 0 Å². The summed E-state index contributed by atoms with van der Waals surface area (Å²) in [7, 11) is 0. The Hall–Kier alpha value is -0.990. The highest BCUT2D eigenvalue weighted by molar-refractivity contribution is 9.10. The molecular weight excluding hydrogens is 334 g/mol. The molecule has 1 aliphatic rings. The lowest BCUT2D eigenvalue weighted by atomic mass is 10.0. The quantitative estimate of drug-likeness (QED) is 0.716. The summed E-state index contributed by atoms with van der Waals surface area (Å²) in [5.41, 5.74) is 3.79. The maximum Gasteiger partial charge on any atom is 0.0542 e. The largest absolute Gasteiger partial charge is 0.378 e. The van der Waals surface area contributed by atoms with E-state index in [1.807, 2.05) is 12.1 Å². The fraction of sp³-hybridized carbons (Fsp3) is 0.294. The molecule has 1 aliphatic carbocycles. The SMILES string of the molecule is Cc1cc(Br)ccc1NC(c1ccc(Cl)cc1)C1CC1. The second-order valence-electron chi connectivity index (χ2n) is 5.47. The number of aryl methyl sites for hydroxylation is 1. The fourth-order valence-corrected chi connectivity index (χ4v) is 3.13. The van der Waals surface area contributed by atoms with Gasteiger partial charge in [-0.25, -0.2) is 0 Å². The van der Waals surface area contributed by atoms with E-state index >= 15 is 0 Å². The zero-order valence-corrected chi connectivity index (χ0v) is 13.7. The molecule has 0 saturated heterocycles. The van der Waals surface area contributed by atoms with Gasteiger partial charge in [0.2, 0.25) is 0 Å². The molecule has 0 amide bonds. The third kappa shape index (κ3) is 3.18. The number of anilines is 1. The van der Waals surface area contributed by atoms with E-state index in [1.54, 1.807) is 0 Å². The van der Waals surface area contributed by atoms with Gasteiger partial charge in [-0.2, -0.15) is 0 Å². The summed E-state index contributed by atoms with van der Waals surface area (Å²) in [6, 6.07) is 15.0. The van der Waals surface area contributed by atoms with Gasteiger partial charge in [-0.15, -0.1) is 0 Å². The number of rotatable bonds is 4. The first kappa shape index (κ1) is 14.0. The first-order chi connectivity index (χ1) is 9.63. The maximum absolute atomic E-state index is 5.99. The van der Waals surface area contributed by atoms with Crippen molar-refractivity contribution in [3.05, 3.63) is 63.1 Å². The second kappa shape index (κ2) is 5.79. The van der Waals surface area contributed by atoms with Crippen molar-refractivity contribution in [2.75, 3.05) is 5.32 Å². The summed E-state index contributed by atoms with van der Waals surface area (Å²) in [4.78, 5) is 0. The number of halogens is 2. The molecule has 1 nitrogen and oxygen atoms in total. The van der Waals surface area contributed by atoms with Crippen LogP contribution in [0.15, 0.2) is 46.9 Å². The molecular formula is C17H17BrClN. The Bertz CT molecular complexity index is 605. The zero-order valence-electron chi connectivity index (χ0n) is 11.4. The van der Waals surface area contributed by atoms with Crippen LogP contribution in [0.1, 0.15) is 30.0 Å². The molecule has 1 N–H and O–H groups in total. The van der Waals surface area contributed by atoms with E-state index in [-0.39, 0.29) is 0 Å². The van der Waals surface area contributed by atoms with E-state index in [0.29, 0.717) is 6.04 Å². The van der Waals surface area contributed by atoms with Gasteiger partial charge in [-0.3, -0.25) is 0 Å². The molecule has 0 spiro atoms. The molecule has 1 fully saturated rings. The highest BCUT2D eigenvalue weighted by Gasteiger charge is 2.32. The van der Waals surface area contributed by atoms with E-state index in [2.05, 4.69) is 58.5 Å². The van der Waals surface area contributed by atoms with Crippen LogP contribution in [0.2, 0.25) is 5.02 Å². The van der Waals surface area contributed by atoms with Crippen molar-refractivity contribution in [2.45, 2.75) is 25.8 Å². The van der Waals surface area contributed by atoms with E-state index in [4.69, 9.17) is 11.6 Å². The number of hydrogen-bond acceptors (Lipinski definition) is 1. The summed E-state index contributed by atoms with van der Waals surface area (Å²) >= 11 is 9.50. The highest BCUT2D eigenvalue weighted by atomic mass is 79.9. The Morgan fingerprint density at radius 1 is 1.15 bits per heavy atom. The van der Waals surface area contributed by atoms with Crippen LogP contribution in [0.4, 0.5) is 5.69 Å². The molecule has 0 heterocycles. The molecule has 20 heavy (non-hydrogen) atoms. The van der Waals surface area contributed by atoms with Gasteiger partial charge in [-0.05, 0) is 67.1 Å². The number of hydrogen-bond donors (Lipinski definition) is 1. The van der Waals surface area contributed by atoms with Crippen LogP contribution in [0.3, 0.4) is 0 Å². The summed E-state index contributed by atoms with van der Waals surface area (Å²) in [6.07, 6.45) is 2.60. The Labute approximate surface area is 133 Å². The first-order valence-electron chi connectivity index (χ1n) is 6.91. The van der Waals surface area contributed by atoms with Crippen LogP contribution in [0, 0.1) is 12.8 Å². The fourth-order valence-electron chi connectivity index (χ4n) is 2.53. The number of benzene rings is 2. The van der Waals surface area contributed by atoms with Crippen LogP contribution >= 0.6 is 27.5 Å². The molecule has 104 valence electrons. The monoisotopic (exact) mass is 349 g/mol. The molecule has 2 aromatic rings. The van der Waals surface area contributed by atoms with Gasteiger partial charge in [0.05, 0.1) is 6.04 Å². The van der Waals surface area contributed by atoms with Gasteiger partial charge in [0.1, 0.15) is 0 Å². The average molecular weight is 351 g/mol. The van der Waals surface area contributed by atoms with Gasteiger partial charge in [0.15, 0.2) is 0 Å². The minimum absolute atomic E-state index is 0.382. The van der Waals surface area contributed by atoms with Gasteiger partial charge in [0.25, 0.3) is 0 Å². The van der Waals surface area contributed by atoms with E-state index in [9.17, 15) is 0 Å². The summed E-state index contributed by atoms with van der Waals surface area (Å²) in [5.74, 6) is 0.735. The smallest absolute Gasteiger partial charge is 0.0542 e. The highest BCUT2D eigenvalue weighted by Crippen LogP contribution is 2.43. The molecule has 1 saturated carbocycles. The van der Waals surface area contributed by atoms with Crippen molar-refractivity contribution < 1.29 is 0 Å². The molecule has 1 unspecified atom stereocenters. The van der Waals surface area contributed by atoms with E-state index < -0.39 is 0 Å². The van der Waals surface area contributed by atoms with Crippen molar-refractivity contribution in [3.63, 3.8) is 0 Å². The van der Waals surface area contributed by atoms with Crippen molar-refractivity contribution in [3.8, 4) is 0 Å².